The predicted molar refractivity (Wildman–Crippen MR) is 106 cm³/mol. The molecule has 0 aromatic heterocycles. The van der Waals surface area contributed by atoms with Gasteiger partial charge in [-0.1, -0.05) is 81.8 Å². The first-order chi connectivity index (χ1) is 11.2. The molecule has 0 bridgehead atoms. The molecule has 0 aliphatic heterocycles. The van der Waals surface area contributed by atoms with E-state index in [1.54, 1.807) is 0 Å². The lowest BCUT2D eigenvalue weighted by atomic mass is 9.63. The molecule has 0 fully saturated rings. The third kappa shape index (κ3) is 3.20. The fourth-order valence-electron chi connectivity index (χ4n) is 3.85. The van der Waals surface area contributed by atoms with Crippen LogP contribution in [0.5, 0.6) is 0 Å². The van der Waals surface area contributed by atoms with Crippen LogP contribution in [-0.4, -0.2) is 0 Å². The topological polar surface area (TPSA) is 0 Å². The van der Waals surface area contributed by atoms with Crippen molar-refractivity contribution in [3.8, 4) is 0 Å². The van der Waals surface area contributed by atoms with Gasteiger partial charge in [-0.05, 0) is 65.3 Å². The van der Waals surface area contributed by atoms with Crippen LogP contribution in [0.2, 0.25) is 0 Å². The highest BCUT2D eigenvalue weighted by molar-refractivity contribution is 5.80. The first-order valence-corrected chi connectivity index (χ1v) is 9.09. The van der Waals surface area contributed by atoms with Gasteiger partial charge < -0.3 is 0 Å². The average molecular weight is 319 g/mol. The smallest absolute Gasteiger partial charge is 0.0100 e. The number of allylic oxidation sites excluding steroid dienone is 1. The van der Waals surface area contributed by atoms with Gasteiger partial charge in [0, 0.05) is 0 Å². The van der Waals surface area contributed by atoms with Crippen LogP contribution in [0.1, 0.15) is 75.3 Å². The average Bonchev–Trinajstić information content (AvgIpc) is 2.52. The largest absolute Gasteiger partial charge is 0.0587 e. The zero-order valence-electron chi connectivity index (χ0n) is 16.0. The van der Waals surface area contributed by atoms with Gasteiger partial charge in [-0.25, -0.2) is 0 Å². The Kier molecular flexibility index (Phi) is 4.20. The second-order valence-electron chi connectivity index (χ2n) is 8.77. The lowest BCUT2D eigenvalue weighted by molar-refractivity contribution is 0.332. The summed E-state index contributed by atoms with van der Waals surface area (Å²) in [7, 11) is 0. The minimum Gasteiger partial charge on any atom is -0.0587 e. The summed E-state index contributed by atoms with van der Waals surface area (Å²) in [5.41, 5.74) is 8.88. The van der Waals surface area contributed by atoms with Gasteiger partial charge in [0.25, 0.3) is 0 Å². The SMILES string of the molecule is CC(=Cc1ccc2c(c1)C(C)(C)CCC2(C)C)c1ccc(C)cc1. The Morgan fingerprint density at radius 1 is 0.833 bits per heavy atom. The van der Waals surface area contributed by atoms with Crippen molar-refractivity contribution in [3.63, 3.8) is 0 Å². The highest BCUT2D eigenvalue weighted by Crippen LogP contribution is 2.46. The molecule has 0 radical (unpaired) electrons. The molecule has 3 rings (SSSR count). The molecule has 1 aliphatic carbocycles. The van der Waals surface area contributed by atoms with E-state index in [1.807, 2.05) is 0 Å². The monoisotopic (exact) mass is 318 g/mol. The molecule has 0 spiro atoms. The van der Waals surface area contributed by atoms with E-state index in [2.05, 4.69) is 90.1 Å². The number of aryl methyl sites for hydroxylation is 1. The number of fused-ring (bicyclic) bond motifs is 1. The number of benzene rings is 2. The summed E-state index contributed by atoms with van der Waals surface area (Å²) in [6, 6.07) is 15.9. The van der Waals surface area contributed by atoms with Gasteiger partial charge in [-0.15, -0.1) is 0 Å². The van der Waals surface area contributed by atoms with Crippen molar-refractivity contribution in [2.24, 2.45) is 0 Å². The zero-order chi connectivity index (χ0) is 17.5. The molecule has 0 amide bonds. The molecular formula is C24H30. The van der Waals surface area contributed by atoms with Crippen molar-refractivity contribution in [2.75, 3.05) is 0 Å². The third-order valence-electron chi connectivity index (χ3n) is 5.77. The van der Waals surface area contributed by atoms with Gasteiger partial charge in [0.15, 0.2) is 0 Å². The van der Waals surface area contributed by atoms with Gasteiger partial charge in [0.2, 0.25) is 0 Å². The van der Waals surface area contributed by atoms with Crippen LogP contribution in [0, 0.1) is 6.92 Å². The van der Waals surface area contributed by atoms with Gasteiger partial charge in [-0.3, -0.25) is 0 Å². The predicted octanol–water partition coefficient (Wildman–Crippen LogP) is 6.90. The first kappa shape index (κ1) is 17.0. The minimum absolute atomic E-state index is 0.270. The van der Waals surface area contributed by atoms with Crippen molar-refractivity contribution < 1.29 is 0 Å². The highest BCUT2D eigenvalue weighted by Gasteiger charge is 2.36. The zero-order valence-corrected chi connectivity index (χ0v) is 16.0. The van der Waals surface area contributed by atoms with Crippen molar-refractivity contribution in [1.29, 1.82) is 0 Å². The molecule has 126 valence electrons. The summed E-state index contributed by atoms with van der Waals surface area (Å²) in [6.45, 7) is 13.9. The molecule has 2 aromatic carbocycles. The second kappa shape index (κ2) is 5.92. The Bertz CT molecular complexity index is 770. The van der Waals surface area contributed by atoms with Crippen LogP contribution in [-0.2, 0) is 10.8 Å². The molecule has 1 aliphatic rings. The third-order valence-corrected chi connectivity index (χ3v) is 5.77. The quantitative estimate of drug-likeness (QED) is 0.528. The van der Waals surface area contributed by atoms with E-state index in [0.717, 1.165) is 0 Å². The molecule has 2 aromatic rings. The van der Waals surface area contributed by atoms with Crippen LogP contribution in [0.3, 0.4) is 0 Å². The van der Waals surface area contributed by atoms with Crippen LogP contribution in [0.15, 0.2) is 42.5 Å². The number of hydrogen-bond acceptors (Lipinski definition) is 0. The Morgan fingerprint density at radius 2 is 1.42 bits per heavy atom. The summed E-state index contributed by atoms with van der Waals surface area (Å²) in [5, 5.41) is 0. The fraction of sp³-hybridized carbons (Fsp3) is 0.417. The minimum atomic E-state index is 0.270. The summed E-state index contributed by atoms with van der Waals surface area (Å²) in [5.74, 6) is 0. The maximum atomic E-state index is 2.42. The number of rotatable bonds is 2. The Balaban J connectivity index is 2.02. The molecule has 0 nitrogen and oxygen atoms in total. The van der Waals surface area contributed by atoms with E-state index >= 15 is 0 Å². The standard InChI is InChI=1S/C24H30/c1-17-7-10-20(11-8-17)18(2)15-19-9-12-21-22(16-19)24(5,6)14-13-23(21,3)4/h7-12,15-16H,13-14H2,1-6H3. The Labute approximate surface area is 147 Å². The molecule has 0 saturated heterocycles. The lowest BCUT2D eigenvalue weighted by Gasteiger charge is -2.42. The van der Waals surface area contributed by atoms with Crippen molar-refractivity contribution in [1.82, 2.24) is 0 Å². The normalized spacial score (nSPS) is 19.0. The molecule has 0 heteroatoms. The second-order valence-corrected chi connectivity index (χ2v) is 8.77. The Morgan fingerprint density at radius 3 is 2.04 bits per heavy atom. The van der Waals surface area contributed by atoms with Crippen LogP contribution in [0.25, 0.3) is 11.6 Å². The summed E-state index contributed by atoms with van der Waals surface area (Å²) < 4.78 is 0. The summed E-state index contributed by atoms with van der Waals surface area (Å²) in [6.07, 6.45) is 4.85. The molecule has 0 unspecified atom stereocenters. The van der Waals surface area contributed by atoms with Crippen LogP contribution >= 0.6 is 0 Å². The number of hydrogen-bond donors (Lipinski definition) is 0. The van der Waals surface area contributed by atoms with Crippen LogP contribution in [0.4, 0.5) is 0 Å². The van der Waals surface area contributed by atoms with E-state index in [9.17, 15) is 0 Å². The van der Waals surface area contributed by atoms with Gasteiger partial charge >= 0.3 is 0 Å². The van der Waals surface area contributed by atoms with Crippen molar-refractivity contribution in [2.45, 2.75) is 65.2 Å². The van der Waals surface area contributed by atoms with E-state index in [1.165, 1.54) is 46.2 Å². The van der Waals surface area contributed by atoms with E-state index < -0.39 is 0 Å². The van der Waals surface area contributed by atoms with E-state index in [4.69, 9.17) is 0 Å². The van der Waals surface area contributed by atoms with Crippen LogP contribution < -0.4 is 0 Å². The van der Waals surface area contributed by atoms with Crippen molar-refractivity contribution >= 4 is 11.6 Å². The molecule has 0 saturated carbocycles. The van der Waals surface area contributed by atoms with Gasteiger partial charge in [-0.2, -0.15) is 0 Å². The summed E-state index contributed by atoms with van der Waals surface area (Å²) in [4.78, 5) is 0. The maximum Gasteiger partial charge on any atom is -0.0100 e. The highest BCUT2D eigenvalue weighted by atomic mass is 14.4. The van der Waals surface area contributed by atoms with Gasteiger partial charge in [0.05, 0.1) is 0 Å². The molecule has 0 heterocycles. The first-order valence-electron chi connectivity index (χ1n) is 9.09. The molecule has 0 atom stereocenters. The van der Waals surface area contributed by atoms with Gasteiger partial charge in [0.1, 0.15) is 0 Å². The van der Waals surface area contributed by atoms with E-state index in [-0.39, 0.29) is 5.41 Å². The maximum absolute atomic E-state index is 2.42. The fourth-order valence-corrected chi connectivity index (χ4v) is 3.85. The lowest BCUT2D eigenvalue weighted by Crippen LogP contribution is -2.33. The van der Waals surface area contributed by atoms with Crippen molar-refractivity contribution in [3.05, 3.63) is 70.3 Å². The molecule has 24 heavy (non-hydrogen) atoms. The van der Waals surface area contributed by atoms with E-state index in [0.29, 0.717) is 5.41 Å². The molecular weight excluding hydrogens is 288 g/mol. The molecule has 0 N–H and O–H groups in total. The Hall–Kier alpha value is -1.82. The summed E-state index contributed by atoms with van der Waals surface area (Å²) >= 11 is 0.